The summed E-state index contributed by atoms with van der Waals surface area (Å²) in [7, 11) is 0. The zero-order valence-corrected chi connectivity index (χ0v) is 13.8. The lowest BCUT2D eigenvalue weighted by atomic mass is 9.93. The molecule has 1 aromatic carbocycles. The molecule has 2 atom stereocenters. The maximum absolute atomic E-state index is 11.8. The van der Waals surface area contributed by atoms with Crippen LogP contribution in [0.15, 0.2) is 30.3 Å². The Labute approximate surface area is 133 Å². The van der Waals surface area contributed by atoms with Crippen LogP contribution in [0.1, 0.15) is 52.0 Å². The highest BCUT2D eigenvalue weighted by atomic mass is 16.6. The SMILES string of the molecule is CC(C)(C)OC(=O)N[C@H]1CCC[C@@H](OCc2ccccc2)C1. The van der Waals surface area contributed by atoms with Gasteiger partial charge in [-0.15, -0.1) is 0 Å². The number of ether oxygens (including phenoxy) is 2. The Morgan fingerprint density at radius 3 is 2.64 bits per heavy atom. The Bertz CT molecular complexity index is 467. The van der Waals surface area contributed by atoms with Gasteiger partial charge in [0.25, 0.3) is 0 Å². The molecule has 0 radical (unpaired) electrons. The predicted molar refractivity (Wildman–Crippen MR) is 86.6 cm³/mol. The smallest absolute Gasteiger partial charge is 0.407 e. The van der Waals surface area contributed by atoms with Crippen LogP contribution in [0.25, 0.3) is 0 Å². The monoisotopic (exact) mass is 305 g/mol. The molecule has 122 valence electrons. The van der Waals surface area contributed by atoms with Gasteiger partial charge in [0.1, 0.15) is 5.60 Å². The summed E-state index contributed by atoms with van der Waals surface area (Å²) in [6, 6.07) is 10.3. The van der Waals surface area contributed by atoms with Crippen LogP contribution in [0, 0.1) is 0 Å². The van der Waals surface area contributed by atoms with Crippen LogP contribution in [0.3, 0.4) is 0 Å². The first-order valence-corrected chi connectivity index (χ1v) is 8.07. The van der Waals surface area contributed by atoms with Gasteiger partial charge in [0.2, 0.25) is 0 Å². The van der Waals surface area contributed by atoms with Gasteiger partial charge in [0.15, 0.2) is 0 Å². The maximum atomic E-state index is 11.8. The molecular formula is C18H27NO3. The topological polar surface area (TPSA) is 47.6 Å². The third-order valence-electron chi connectivity index (χ3n) is 3.68. The van der Waals surface area contributed by atoms with Crippen molar-refractivity contribution in [2.45, 2.75) is 70.8 Å². The molecule has 4 nitrogen and oxygen atoms in total. The van der Waals surface area contributed by atoms with Crippen LogP contribution >= 0.6 is 0 Å². The van der Waals surface area contributed by atoms with Crippen molar-refractivity contribution in [2.24, 2.45) is 0 Å². The Balaban J connectivity index is 1.75. The number of benzene rings is 1. The molecule has 4 heteroatoms. The molecule has 0 aliphatic heterocycles. The summed E-state index contributed by atoms with van der Waals surface area (Å²) in [6.07, 6.45) is 3.84. The van der Waals surface area contributed by atoms with Crippen LogP contribution in [-0.4, -0.2) is 23.8 Å². The average Bonchev–Trinajstić information content (AvgIpc) is 2.44. The number of nitrogens with one attached hydrogen (secondary N) is 1. The summed E-state index contributed by atoms with van der Waals surface area (Å²) < 4.78 is 11.3. The van der Waals surface area contributed by atoms with E-state index < -0.39 is 5.60 Å². The molecule has 1 aromatic rings. The van der Waals surface area contributed by atoms with E-state index in [1.54, 1.807) is 0 Å². The lowest BCUT2D eigenvalue weighted by molar-refractivity contribution is 0.00505. The summed E-state index contributed by atoms with van der Waals surface area (Å²) >= 11 is 0. The second kappa shape index (κ2) is 7.63. The molecule has 22 heavy (non-hydrogen) atoms. The number of hydrogen-bond acceptors (Lipinski definition) is 3. The summed E-state index contributed by atoms with van der Waals surface area (Å²) in [5.74, 6) is 0. The van der Waals surface area contributed by atoms with Gasteiger partial charge in [-0.2, -0.15) is 0 Å². The van der Waals surface area contributed by atoms with Gasteiger partial charge < -0.3 is 14.8 Å². The van der Waals surface area contributed by atoms with Crippen molar-refractivity contribution in [3.05, 3.63) is 35.9 Å². The summed E-state index contributed by atoms with van der Waals surface area (Å²) in [6.45, 7) is 6.25. The van der Waals surface area contributed by atoms with Crippen molar-refractivity contribution in [1.82, 2.24) is 5.32 Å². The number of carbonyl (C=O) groups excluding carboxylic acids is 1. The average molecular weight is 305 g/mol. The van der Waals surface area contributed by atoms with Crippen molar-refractivity contribution in [2.75, 3.05) is 0 Å². The van der Waals surface area contributed by atoms with Gasteiger partial charge in [-0.05, 0) is 52.0 Å². The van der Waals surface area contributed by atoms with E-state index in [1.165, 1.54) is 5.56 Å². The van der Waals surface area contributed by atoms with Gasteiger partial charge in [0.05, 0.1) is 12.7 Å². The van der Waals surface area contributed by atoms with Crippen molar-refractivity contribution in [3.8, 4) is 0 Å². The molecule has 0 heterocycles. The van der Waals surface area contributed by atoms with E-state index in [4.69, 9.17) is 9.47 Å². The van der Waals surface area contributed by atoms with E-state index in [9.17, 15) is 4.79 Å². The first-order valence-electron chi connectivity index (χ1n) is 8.07. The Kier molecular flexibility index (Phi) is 5.83. The molecule has 1 fully saturated rings. The molecule has 1 N–H and O–H groups in total. The van der Waals surface area contributed by atoms with Gasteiger partial charge in [-0.25, -0.2) is 4.79 Å². The van der Waals surface area contributed by atoms with Crippen LogP contribution < -0.4 is 5.32 Å². The van der Waals surface area contributed by atoms with E-state index >= 15 is 0 Å². The third-order valence-corrected chi connectivity index (χ3v) is 3.68. The zero-order valence-electron chi connectivity index (χ0n) is 13.8. The predicted octanol–water partition coefficient (Wildman–Crippen LogP) is 4.04. The minimum absolute atomic E-state index is 0.143. The fourth-order valence-electron chi connectivity index (χ4n) is 2.69. The Morgan fingerprint density at radius 1 is 1.23 bits per heavy atom. The van der Waals surface area contributed by atoms with E-state index in [0.717, 1.165) is 25.7 Å². The van der Waals surface area contributed by atoms with Crippen LogP contribution in [0.5, 0.6) is 0 Å². The van der Waals surface area contributed by atoms with E-state index in [1.807, 2.05) is 39.0 Å². The lowest BCUT2D eigenvalue weighted by Crippen LogP contribution is -2.42. The molecule has 0 bridgehead atoms. The molecule has 0 spiro atoms. The fraction of sp³-hybridized carbons (Fsp3) is 0.611. The van der Waals surface area contributed by atoms with Gasteiger partial charge >= 0.3 is 6.09 Å². The van der Waals surface area contributed by atoms with E-state index in [-0.39, 0.29) is 18.2 Å². The second-order valence-electron chi connectivity index (χ2n) is 6.93. The van der Waals surface area contributed by atoms with Crippen LogP contribution in [-0.2, 0) is 16.1 Å². The first kappa shape index (κ1) is 16.8. The minimum atomic E-state index is -0.456. The van der Waals surface area contributed by atoms with Gasteiger partial charge in [-0.3, -0.25) is 0 Å². The second-order valence-corrected chi connectivity index (χ2v) is 6.93. The molecule has 0 unspecified atom stereocenters. The summed E-state index contributed by atoms with van der Waals surface area (Å²) in [4.78, 5) is 11.8. The first-order chi connectivity index (χ1) is 10.4. The maximum Gasteiger partial charge on any atom is 0.407 e. The van der Waals surface area contributed by atoms with Crippen molar-refractivity contribution in [3.63, 3.8) is 0 Å². The zero-order chi connectivity index (χ0) is 16.0. The quantitative estimate of drug-likeness (QED) is 0.913. The number of alkyl carbamates (subject to hydrolysis) is 1. The molecule has 1 aliphatic rings. The van der Waals surface area contributed by atoms with Crippen molar-refractivity contribution < 1.29 is 14.3 Å². The molecule has 0 saturated heterocycles. The van der Waals surface area contributed by atoms with Gasteiger partial charge in [-0.1, -0.05) is 30.3 Å². The third kappa shape index (κ3) is 6.06. The number of rotatable bonds is 4. The van der Waals surface area contributed by atoms with Gasteiger partial charge in [0, 0.05) is 6.04 Å². The Hall–Kier alpha value is -1.55. The normalized spacial score (nSPS) is 22.1. The molecular weight excluding hydrogens is 278 g/mol. The molecule has 1 saturated carbocycles. The van der Waals surface area contributed by atoms with Crippen molar-refractivity contribution >= 4 is 6.09 Å². The highest BCUT2D eigenvalue weighted by molar-refractivity contribution is 5.68. The lowest BCUT2D eigenvalue weighted by Gasteiger charge is -2.30. The highest BCUT2D eigenvalue weighted by Gasteiger charge is 2.25. The van der Waals surface area contributed by atoms with Crippen molar-refractivity contribution in [1.29, 1.82) is 0 Å². The standard InChI is InChI=1S/C18H27NO3/c1-18(2,3)22-17(20)19-15-10-7-11-16(12-15)21-13-14-8-5-4-6-9-14/h4-6,8-9,15-16H,7,10-13H2,1-3H3,(H,19,20)/t15-,16+/m0/s1. The minimum Gasteiger partial charge on any atom is -0.444 e. The van der Waals surface area contributed by atoms with Crippen LogP contribution in [0.2, 0.25) is 0 Å². The summed E-state index contributed by atoms with van der Waals surface area (Å²) in [5, 5.41) is 2.96. The molecule has 0 aromatic heterocycles. The van der Waals surface area contributed by atoms with Crippen LogP contribution in [0.4, 0.5) is 4.79 Å². The molecule has 2 rings (SSSR count). The summed E-state index contributed by atoms with van der Waals surface area (Å²) in [5.41, 5.74) is 0.729. The highest BCUT2D eigenvalue weighted by Crippen LogP contribution is 2.22. The fourth-order valence-corrected chi connectivity index (χ4v) is 2.69. The number of hydrogen-bond donors (Lipinski definition) is 1. The Morgan fingerprint density at radius 2 is 1.95 bits per heavy atom. The number of carbonyl (C=O) groups is 1. The van der Waals surface area contributed by atoms with E-state index in [0.29, 0.717) is 6.61 Å². The largest absolute Gasteiger partial charge is 0.444 e. The molecule has 1 amide bonds. The number of amides is 1. The molecule has 1 aliphatic carbocycles. The van der Waals surface area contributed by atoms with E-state index in [2.05, 4.69) is 17.4 Å².